The van der Waals surface area contributed by atoms with Crippen molar-refractivity contribution in [2.45, 2.75) is 6.54 Å². The molecule has 0 radical (unpaired) electrons. The minimum Gasteiger partial charge on any atom is -0.337 e. The van der Waals surface area contributed by atoms with Crippen LogP contribution in [0.3, 0.4) is 0 Å². The van der Waals surface area contributed by atoms with E-state index >= 15 is 0 Å². The second-order valence-corrected chi connectivity index (χ2v) is 5.61. The number of nitro benzene ring substituents is 1. The summed E-state index contributed by atoms with van der Waals surface area (Å²) in [7, 11) is 0. The molecule has 0 amide bonds. The smallest absolute Gasteiger partial charge is 0.293 e. The molecule has 0 spiro atoms. The lowest BCUT2D eigenvalue weighted by molar-refractivity contribution is -0.383. The molecule has 3 rings (SSSR count). The fraction of sp³-hybridized carbons (Fsp3) is 0.0667. The Kier molecular flexibility index (Phi) is 3.47. The van der Waals surface area contributed by atoms with Gasteiger partial charge in [-0.25, -0.2) is 4.39 Å². The first kappa shape index (κ1) is 13.8. The zero-order valence-corrected chi connectivity index (χ0v) is 12.4. The Labute approximate surface area is 128 Å². The molecule has 2 aromatic carbocycles. The molecule has 0 bridgehead atoms. The van der Waals surface area contributed by atoms with Gasteiger partial charge < -0.3 is 4.57 Å². The van der Waals surface area contributed by atoms with E-state index in [0.29, 0.717) is 16.5 Å². The van der Waals surface area contributed by atoms with Crippen LogP contribution in [0.5, 0.6) is 0 Å². The van der Waals surface area contributed by atoms with Crippen LogP contribution in [-0.4, -0.2) is 9.49 Å². The number of para-hydroxylation sites is 1. The average Bonchev–Trinajstić information content (AvgIpc) is 2.80. The average molecular weight is 349 g/mol. The first-order chi connectivity index (χ1) is 10.0. The van der Waals surface area contributed by atoms with Gasteiger partial charge in [0, 0.05) is 28.7 Å². The molecule has 6 heteroatoms. The fourth-order valence-corrected chi connectivity index (χ4v) is 2.93. The van der Waals surface area contributed by atoms with Crippen molar-refractivity contribution in [1.29, 1.82) is 0 Å². The number of nitrogens with zero attached hydrogens (tertiary/aromatic N) is 2. The maximum Gasteiger partial charge on any atom is 0.293 e. The molecule has 0 aliphatic heterocycles. The predicted molar refractivity (Wildman–Crippen MR) is 81.8 cm³/mol. The Morgan fingerprint density at radius 1 is 1.24 bits per heavy atom. The van der Waals surface area contributed by atoms with E-state index in [1.807, 2.05) is 12.1 Å². The number of halogens is 2. The zero-order valence-electron chi connectivity index (χ0n) is 10.8. The van der Waals surface area contributed by atoms with Crippen LogP contribution in [-0.2, 0) is 6.54 Å². The van der Waals surface area contributed by atoms with Gasteiger partial charge in [0.1, 0.15) is 11.3 Å². The molecule has 106 valence electrons. The standard InChI is InChI=1S/C15H10BrFN2O2/c16-12-6-10(7-13(17)8-12)9-18-5-4-11-2-1-3-14(15(11)18)19(20)21/h1-8H,9H2. The molecule has 0 N–H and O–H groups in total. The number of fused-ring (bicyclic) bond motifs is 1. The van der Waals surface area contributed by atoms with Crippen LogP contribution in [0.15, 0.2) is 53.1 Å². The number of hydrogen-bond donors (Lipinski definition) is 0. The quantitative estimate of drug-likeness (QED) is 0.516. The molecule has 1 heterocycles. The van der Waals surface area contributed by atoms with Gasteiger partial charge in [-0.1, -0.05) is 28.1 Å². The molecular weight excluding hydrogens is 339 g/mol. The molecule has 21 heavy (non-hydrogen) atoms. The van der Waals surface area contributed by atoms with Gasteiger partial charge in [-0.05, 0) is 29.8 Å². The van der Waals surface area contributed by atoms with Crippen molar-refractivity contribution in [2.75, 3.05) is 0 Å². The lowest BCUT2D eigenvalue weighted by Gasteiger charge is -2.07. The van der Waals surface area contributed by atoms with E-state index < -0.39 is 4.92 Å². The van der Waals surface area contributed by atoms with Crippen molar-refractivity contribution >= 4 is 32.5 Å². The summed E-state index contributed by atoms with van der Waals surface area (Å²) >= 11 is 3.25. The first-order valence-corrected chi connectivity index (χ1v) is 7.01. The topological polar surface area (TPSA) is 48.1 Å². The van der Waals surface area contributed by atoms with Gasteiger partial charge in [-0.2, -0.15) is 0 Å². The Morgan fingerprint density at radius 2 is 2.05 bits per heavy atom. The molecule has 0 fully saturated rings. The van der Waals surface area contributed by atoms with Crippen LogP contribution in [0.4, 0.5) is 10.1 Å². The van der Waals surface area contributed by atoms with Crippen LogP contribution >= 0.6 is 15.9 Å². The maximum atomic E-state index is 13.4. The Balaban J connectivity index is 2.10. The van der Waals surface area contributed by atoms with Gasteiger partial charge in [0.15, 0.2) is 0 Å². The van der Waals surface area contributed by atoms with Gasteiger partial charge in [-0.3, -0.25) is 10.1 Å². The third-order valence-electron chi connectivity index (χ3n) is 3.24. The van der Waals surface area contributed by atoms with Gasteiger partial charge in [-0.15, -0.1) is 0 Å². The fourth-order valence-electron chi connectivity index (χ4n) is 2.42. The molecule has 0 saturated carbocycles. The summed E-state index contributed by atoms with van der Waals surface area (Å²) in [6, 6.07) is 11.4. The van der Waals surface area contributed by atoms with E-state index in [2.05, 4.69) is 15.9 Å². The van der Waals surface area contributed by atoms with Crippen molar-refractivity contribution in [3.05, 3.63) is 74.6 Å². The summed E-state index contributed by atoms with van der Waals surface area (Å²) in [5.74, 6) is -0.342. The number of non-ortho nitro benzene ring substituents is 1. The Bertz CT molecular complexity index is 825. The molecule has 0 atom stereocenters. The van der Waals surface area contributed by atoms with Gasteiger partial charge in [0.25, 0.3) is 5.69 Å². The van der Waals surface area contributed by atoms with E-state index in [-0.39, 0.29) is 11.5 Å². The van der Waals surface area contributed by atoms with Gasteiger partial charge in [0.05, 0.1) is 4.92 Å². The maximum absolute atomic E-state index is 13.4. The largest absolute Gasteiger partial charge is 0.337 e. The Hall–Kier alpha value is -2.21. The molecule has 0 unspecified atom stereocenters. The third-order valence-corrected chi connectivity index (χ3v) is 3.70. The van der Waals surface area contributed by atoms with Crippen molar-refractivity contribution < 1.29 is 9.31 Å². The van der Waals surface area contributed by atoms with Crippen LogP contribution < -0.4 is 0 Å². The predicted octanol–water partition coefficient (Wildman–Crippen LogP) is 4.50. The second kappa shape index (κ2) is 5.29. The van der Waals surface area contributed by atoms with Gasteiger partial charge >= 0.3 is 0 Å². The molecular formula is C15H10BrFN2O2. The number of benzene rings is 2. The minimum absolute atomic E-state index is 0.0490. The number of aromatic nitrogens is 1. The highest BCUT2D eigenvalue weighted by Gasteiger charge is 2.15. The number of rotatable bonds is 3. The van der Waals surface area contributed by atoms with Crippen LogP contribution in [0.25, 0.3) is 10.9 Å². The van der Waals surface area contributed by atoms with Crippen molar-refractivity contribution in [2.24, 2.45) is 0 Å². The number of hydrogen-bond acceptors (Lipinski definition) is 2. The summed E-state index contributed by atoms with van der Waals surface area (Å²) in [6.45, 7) is 0.366. The highest BCUT2D eigenvalue weighted by atomic mass is 79.9. The van der Waals surface area contributed by atoms with E-state index in [1.54, 1.807) is 22.9 Å². The molecule has 0 aliphatic rings. The molecule has 0 aliphatic carbocycles. The lowest BCUT2D eigenvalue weighted by Crippen LogP contribution is -2.01. The minimum atomic E-state index is -0.402. The van der Waals surface area contributed by atoms with Crippen LogP contribution in [0, 0.1) is 15.9 Å². The van der Waals surface area contributed by atoms with E-state index in [9.17, 15) is 14.5 Å². The van der Waals surface area contributed by atoms with E-state index in [1.165, 1.54) is 18.2 Å². The highest BCUT2D eigenvalue weighted by molar-refractivity contribution is 9.10. The number of nitro groups is 1. The first-order valence-electron chi connectivity index (χ1n) is 6.22. The monoisotopic (exact) mass is 348 g/mol. The van der Waals surface area contributed by atoms with Crippen molar-refractivity contribution in [3.63, 3.8) is 0 Å². The summed E-state index contributed by atoms with van der Waals surface area (Å²) in [5.41, 5.74) is 1.33. The lowest BCUT2D eigenvalue weighted by atomic mass is 10.2. The van der Waals surface area contributed by atoms with Crippen molar-refractivity contribution in [1.82, 2.24) is 4.57 Å². The molecule has 4 nitrogen and oxygen atoms in total. The normalized spacial score (nSPS) is 11.0. The third kappa shape index (κ3) is 2.67. The van der Waals surface area contributed by atoms with E-state index in [0.717, 1.165) is 10.9 Å². The Morgan fingerprint density at radius 3 is 2.76 bits per heavy atom. The van der Waals surface area contributed by atoms with Crippen LogP contribution in [0.2, 0.25) is 0 Å². The summed E-state index contributed by atoms with van der Waals surface area (Å²) in [6.07, 6.45) is 1.77. The van der Waals surface area contributed by atoms with Crippen LogP contribution in [0.1, 0.15) is 5.56 Å². The zero-order chi connectivity index (χ0) is 15.0. The molecule has 3 aromatic rings. The molecule has 1 aromatic heterocycles. The summed E-state index contributed by atoms with van der Waals surface area (Å²) < 4.78 is 15.8. The van der Waals surface area contributed by atoms with Crippen molar-refractivity contribution in [3.8, 4) is 0 Å². The SMILES string of the molecule is O=[N+]([O-])c1cccc2ccn(Cc3cc(F)cc(Br)c3)c12. The highest BCUT2D eigenvalue weighted by Crippen LogP contribution is 2.27. The summed E-state index contributed by atoms with van der Waals surface area (Å²) in [4.78, 5) is 10.7. The second-order valence-electron chi connectivity index (χ2n) is 4.69. The van der Waals surface area contributed by atoms with E-state index in [4.69, 9.17) is 0 Å². The van der Waals surface area contributed by atoms with Gasteiger partial charge in [0.2, 0.25) is 0 Å². The molecule has 0 saturated heterocycles. The summed E-state index contributed by atoms with van der Waals surface area (Å²) in [5, 5.41) is 11.9.